The largest absolute Gasteiger partial charge is 0.139 e. The second kappa shape index (κ2) is 12.4. The van der Waals surface area contributed by atoms with Gasteiger partial charge in [0.2, 0.25) is 0 Å². The summed E-state index contributed by atoms with van der Waals surface area (Å²) in [7, 11) is 0. The molecule has 0 bridgehead atoms. The van der Waals surface area contributed by atoms with Crippen molar-refractivity contribution in [3.05, 3.63) is 21.9 Å². The fourth-order valence-corrected chi connectivity index (χ4v) is 7.43. The lowest BCUT2D eigenvalue weighted by Crippen LogP contribution is -2.15. The van der Waals surface area contributed by atoms with Crippen molar-refractivity contribution in [2.75, 3.05) is 0 Å². The second-order valence-electron chi connectivity index (χ2n) is 9.24. The normalized spacial score (nSPS) is 20.2. The van der Waals surface area contributed by atoms with Gasteiger partial charge in [-0.15, -0.1) is 22.7 Å². The molecule has 0 N–H and O–H groups in total. The third-order valence-corrected chi connectivity index (χ3v) is 9.23. The Labute approximate surface area is 182 Å². The standard InChI is InChI=1S/C26H42S2/c1-3-5-7-8-10-11-21-13-15-22(16-14-21)17-18-24-20-26-25(28-24)19-23(27-26)12-9-6-4-2/h19-22H,3-18H2,1-2H3. The monoisotopic (exact) mass is 418 g/mol. The maximum atomic E-state index is 2.51. The Morgan fingerprint density at radius 2 is 1.18 bits per heavy atom. The summed E-state index contributed by atoms with van der Waals surface area (Å²) in [6.07, 6.45) is 22.9. The Kier molecular flexibility index (Phi) is 9.88. The zero-order valence-electron chi connectivity index (χ0n) is 18.4. The summed E-state index contributed by atoms with van der Waals surface area (Å²) < 4.78 is 3.11. The number of aryl methyl sites for hydroxylation is 2. The van der Waals surface area contributed by atoms with Gasteiger partial charge in [0.15, 0.2) is 0 Å². The van der Waals surface area contributed by atoms with Crippen molar-refractivity contribution in [1.82, 2.24) is 0 Å². The fourth-order valence-electron chi connectivity index (χ4n) is 4.92. The van der Waals surface area contributed by atoms with Crippen molar-refractivity contribution >= 4 is 32.1 Å². The van der Waals surface area contributed by atoms with Gasteiger partial charge in [0.05, 0.1) is 0 Å². The van der Waals surface area contributed by atoms with E-state index in [4.69, 9.17) is 0 Å². The molecule has 0 atom stereocenters. The average molecular weight is 419 g/mol. The molecule has 0 unspecified atom stereocenters. The maximum Gasteiger partial charge on any atom is 0.0456 e. The van der Waals surface area contributed by atoms with Gasteiger partial charge < -0.3 is 0 Å². The van der Waals surface area contributed by atoms with E-state index in [1.165, 1.54) is 103 Å². The summed E-state index contributed by atoms with van der Waals surface area (Å²) in [4.78, 5) is 3.24. The molecule has 0 amide bonds. The van der Waals surface area contributed by atoms with Crippen molar-refractivity contribution in [3.63, 3.8) is 0 Å². The third kappa shape index (κ3) is 7.17. The summed E-state index contributed by atoms with van der Waals surface area (Å²) in [5, 5.41) is 0. The zero-order chi connectivity index (χ0) is 19.6. The minimum Gasteiger partial charge on any atom is -0.139 e. The van der Waals surface area contributed by atoms with Crippen LogP contribution in [0.2, 0.25) is 0 Å². The molecule has 1 saturated carbocycles. The Morgan fingerprint density at radius 3 is 1.82 bits per heavy atom. The maximum absolute atomic E-state index is 2.51. The molecule has 0 aromatic carbocycles. The summed E-state index contributed by atoms with van der Waals surface area (Å²) >= 11 is 4.13. The highest BCUT2D eigenvalue weighted by Gasteiger charge is 2.21. The van der Waals surface area contributed by atoms with Crippen LogP contribution in [-0.2, 0) is 12.8 Å². The van der Waals surface area contributed by atoms with E-state index < -0.39 is 0 Å². The highest BCUT2D eigenvalue weighted by atomic mass is 32.1. The molecule has 1 aliphatic rings. The molecule has 28 heavy (non-hydrogen) atoms. The van der Waals surface area contributed by atoms with Gasteiger partial charge in [0.1, 0.15) is 0 Å². The van der Waals surface area contributed by atoms with E-state index in [9.17, 15) is 0 Å². The number of hydrogen-bond donors (Lipinski definition) is 0. The molecular weight excluding hydrogens is 376 g/mol. The van der Waals surface area contributed by atoms with Gasteiger partial charge in [-0.2, -0.15) is 0 Å². The van der Waals surface area contributed by atoms with Gasteiger partial charge in [-0.05, 0) is 49.7 Å². The Balaban J connectivity index is 1.33. The Bertz CT molecular complexity index is 626. The van der Waals surface area contributed by atoms with E-state index in [2.05, 4.69) is 48.7 Å². The van der Waals surface area contributed by atoms with E-state index in [1.54, 1.807) is 19.2 Å². The van der Waals surface area contributed by atoms with E-state index in [-0.39, 0.29) is 0 Å². The molecule has 2 heterocycles. The van der Waals surface area contributed by atoms with Crippen LogP contribution in [0.1, 0.15) is 113 Å². The fraction of sp³-hybridized carbons (Fsp3) is 0.769. The Hall–Kier alpha value is -0.340. The minimum atomic E-state index is 1.00. The number of rotatable bonds is 13. The molecule has 0 spiro atoms. The number of unbranched alkanes of at least 4 members (excludes halogenated alkanes) is 6. The first-order valence-electron chi connectivity index (χ1n) is 12.3. The van der Waals surface area contributed by atoms with E-state index in [0.29, 0.717) is 0 Å². The molecule has 0 nitrogen and oxygen atoms in total. The van der Waals surface area contributed by atoms with Gasteiger partial charge in [-0.3, -0.25) is 0 Å². The molecule has 0 aliphatic heterocycles. The number of fused-ring (bicyclic) bond motifs is 1. The summed E-state index contributed by atoms with van der Waals surface area (Å²) in [5.41, 5.74) is 0. The highest BCUT2D eigenvalue weighted by Crippen LogP contribution is 2.37. The lowest BCUT2D eigenvalue weighted by atomic mass is 9.78. The molecule has 0 saturated heterocycles. The molecular formula is C26H42S2. The molecule has 158 valence electrons. The first kappa shape index (κ1) is 22.3. The lowest BCUT2D eigenvalue weighted by molar-refractivity contribution is 0.249. The third-order valence-electron chi connectivity index (χ3n) is 6.82. The topological polar surface area (TPSA) is 0 Å². The first-order valence-corrected chi connectivity index (χ1v) is 13.9. The van der Waals surface area contributed by atoms with Crippen LogP contribution in [0.3, 0.4) is 0 Å². The molecule has 2 aromatic rings. The van der Waals surface area contributed by atoms with Gasteiger partial charge in [-0.25, -0.2) is 0 Å². The van der Waals surface area contributed by atoms with Crippen LogP contribution >= 0.6 is 22.7 Å². The van der Waals surface area contributed by atoms with Crippen LogP contribution in [0, 0.1) is 11.8 Å². The summed E-state index contributed by atoms with van der Waals surface area (Å²) in [5.74, 6) is 2.05. The van der Waals surface area contributed by atoms with Gasteiger partial charge in [0.25, 0.3) is 0 Å². The van der Waals surface area contributed by atoms with Crippen molar-refractivity contribution < 1.29 is 0 Å². The molecule has 2 heteroatoms. The van der Waals surface area contributed by atoms with Crippen molar-refractivity contribution in [3.8, 4) is 0 Å². The number of hydrogen-bond acceptors (Lipinski definition) is 2. The average Bonchev–Trinajstić information content (AvgIpc) is 3.26. The predicted octanol–water partition coefficient (Wildman–Crippen LogP) is 9.79. The summed E-state index contributed by atoms with van der Waals surface area (Å²) in [6.45, 7) is 4.60. The Morgan fingerprint density at radius 1 is 0.643 bits per heavy atom. The van der Waals surface area contributed by atoms with Crippen LogP contribution in [0.4, 0.5) is 0 Å². The zero-order valence-corrected chi connectivity index (χ0v) is 20.1. The van der Waals surface area contributed by atoms with Gasteiger partial charge in [-0.1, -0.05) is 90.9 Å². The van der Waals surface area contributed by atoms with Crippen molar-refractivity contribution in [2.24, 2.45) is 11.8 Å². The van der Waals surface area contributed by atoms with E-state index in [1.807, 2.05) is 0 Å². The minimum absolute atomic E-state index is 1.00. The molecule has 2 aromatic heterocycles. The molecule has 1 fully saturated rings. The van der Waals surface area contributed by atoms with Crippen LogP contribution in [0.15, 0.2) is 12.1 Å². The van der Waals surface area contributed by atoms with Crippen molar-refractivity contribution in [1.29, 1.82) is 0 Å². The van der Waals surface area contributed by atoms with Crippen molar-refractivity contribution in [2.45, 2.75) is 117 Å². The van der Waals surface area contributed by atoms with Crippen LogP contribution in [-0.4, -0.2) is 0 Å². The predicted molar refractivity (Wildman–Crippen MR) is 130 cm³/mol. The second-order valence-corrected chi connectivity index (χ2v) is 11.6. The SMILES string of the molecule is CCCCCCCC1CCC(CCc2cc3sc(CCCCC)cc3s2)CC1. The van der Waals surface area contributed by atoms with Crippen LogP contribution < -0.4 is 0 Å². The number of thiophene rings is 2. The smallest absolute Gasteiger partial charge is 0.0456 e. The first-order chi connectivity index (χ1) is 13.8. The van der Waals surface area contributed by atoms with Crippen LogP contribution in [0.5, 0.6) is 0 Å². The van der Waals surface area contributed by atoms with Gasteiger partial charge >= 0.3 is 0 Å². The molecule has 3 rings (SSSR count). The molecule has 1 aliphatic carbocycles. The van der Waals surface area contributed by atoms with Crippen LogP contribution in [0.25, 0.3) is 9.40 Å². The van der Waals surface area contributed by atoms with Gasteiger partial charge in [0, 0.05) is 19.2 Å². The van der Waals surface area contributed by atoms with E-state index >= 15 is 0 Å². The quantitative estimate of drug-likeness (QED) is 0.284. The van der Waals surface area contributed by atoms with E-state index in [0.717, 1.165) is 11.8 Å². The highest BCUT2D eigenvalue weighted by molar-refractivity contribution is 7.27. The lowest BCUT2D eigenvalue weighted by Gasteiger charge is -2.28. The summed E-state index contributed by atoms with van der Waals surface area (Å²) in [6, 6.07) is 4.99. The molecule has 0 radical (unpaired) electrons.